The fourth-order valence-electron chi connectivity index (χ4n) is 4.21. The van der Waals surface area contributed by atoms with Crippen molar-refractivity contribution in [2.75, 3.05) is 0 Å². The van der Waals surface area contributed by atoms with Crippen molar-refractivity contribution in [3.05, 3.63) is 108 Å². The van der Waals surface area contributed by atoms with Crippen LogP contribution < -0.4 is 4.74 Å². The summed E-state index contributed by atoms with van der Waals surface area (Å²) in [6.45, 7) is 3.84. The quantitative estimate of drug-likeness (QED) is 0.279. The highest BCUT2D eigenvalue weighted by Gasteiger charge is 2.33. The van der Waals surface area contributed by atoms with Crippen LogP contribution in [0.2, 0.25) is 0 Å². The number of benzene rings is 3. The van der Waals surface area contributed by atoms with E-state index in [0.717, 1.165) is 42.0 Å². The number of hydrogen-bond acceptors (Lipinski definition) is 1. The number of ether oxygens (including phenoxy) is 1. The summed E-state index contributed by atoms with van der Waals surface area (Å²) in [6.07, 6.45) is 5.77. The first kappa shape index (κ1) is 21.9. The van der Waals surface area contributed by atoms with Crippen molar-refractivity contribution in [3.8, 4) is 5.75 Å². The molecule has 0 amide bonds. The number of hydrogen-bond donors (Lipinski definition) is 0. The van der Waals surface area contributed by atoms with Gasteiger partial charge < -0.3 is 4.74 Å². The Morgan fingerprint density at radius 1 is 1.03 bits per heavy atom. The summed E-state index contributed by atoms with van der Waals surface area (Å²) in [5.74, 6) is -1.84. The summed E-state index contributed by atoms with van der Waals surface area (Å²) in [7, 11) is 0. The molecule has 1 nitrogen and oxygen atoms in total. The van der Waals surface area contributed by atoms with Crippen LogP contribution in [0, 0.1) is 5.82 Å². The lowest BCUT2D eigenvalue weighted by molar-refractivity contribution is -0.275. The highest BCUT2D eigenvalue weighted by atomic mass is 19.4. The first-order chi connectivity index (χ1) is 15.3. The molecule has 5 heteroatoms. The molecule has 3 aromatic rings. The van der Waals surface area contributed by atoms with Crippen LogP contribution in [-0.4, -0.2) is 6.36 Å². The molecular formula is C27H22F4O. The standard InChI is InChI=1S/C27H22F4O/c1-2-3-15-26(16-13-20(14-17-26)19-7-5-4-6-8-19)22-10-11-23-21(18-22)9-12-24(25(23)28)32-27(29,30)31/h2,4-14,16,18H,1,3,15,17H2. The van der Waals surface area contributed by atoms with Gasteiger partial charge in [0.15, 0.2) is 11.6 Å². The van der Waals surface area contributed by atoms with E-state index in [1.165, 1.54) is 12.1 Å². The maximum absolute atomic E-state index is 14.6. The Morgan fingerprint density at radius 3 is 2.47 bits per heavy atom. The second-order valence-electron chi connectivity index (χ2n) is 7.91. The zero-order valence-electron chi connectivity index (χ0n) is 17.3. The molecule has 1 atom stereocenters. The van der Waals surface area contributed by atoms with E-state index in [9.17, 15) is 17.6 Å². The third-order valence-corrected chi connectivity index (χ3v) is 5.89. The summed E-state index contributed by atoms with van der Waals surface area (Å²) < 4.78 is 56.1. The van der Waals surface area contributed by atoms with Gasteiger partial charge >= 0.3 is 6.36 Å². The summed E-state index contributed by atoms with van der Waals surface area (Å²) in [4.78, 5) is 0. The predicted octanol–water partition coefficient (Wildman–Crippen LogP) is 8.13. The van der Waals surface area contributed by atoms with E-state index >= 15 is 0 Å². The molecule has 0 aliphatic heterocycles. The van der Waals surface area contributed by atoms with E-state index in [1.54, 1.807) is 6.07 Å². The van der Waals surface area contributed by atoms with Crippen LogP contribution in [0.3, 0.4) is 0 Å². The monoisotopic (exact) mass is 438 g/mol. The summed E-state index contributed by atoms with van der Waals surface area (Å²) in [5, 5.41) is 0.619. The van der Waals surface area contributed by atoms with Crippen molar-refractivity contribution in [2.24, 2.45) is 0 Å². The average Bonchev–Trinajstić information content (AvgIpc) is 2.79. The van der Waals surface area contributed by atoms with E-state index in [4.69, 9.17) is 0 Å². The SMILES string of the molecule is C=CCCC1(c2ccc3c(F)c(OC(F)(F)F)ccc3c2)C=CC(c2ccccc2)=CC1. The molecule has 0 saturated heterocycles. The lowest BCUT2D eigenvalue weighted by Gasteiger charge is -2.33. The summed E-state index contributed by atoms with van der Waals surface area (Å²) in [5.41, 5.74) is 2.95. The number of fused-ring (bicyclic) bond motifs is 1. The topological polar surface area (TPSA) is 9.23 Å². The van der Waals surface area contributed by atoms with Gasteiger partial charge in [-0.3, -0.25) is 0 Å². The van der Waals surface area contributed by atoms with Crippen LogP contribution in [0.1, 0.15) is 30.4 Å². The average molecular weight is 438 g/mol. The van der Waals surface area contributed by atoms with Crippen molar-refractivity contribution < 1.29 is 22.3 Å². The predicted molar refractivity (Wildman–Crippen MR) is 120 cm³/mol. The zero-order chi connectivity index (χ0) is 22.8. The third kappa shape index (κ3) is 4.47. The minimum atomic E-state index is -4.95. The lowest BCUT2D eigenvalue weighted by atomic mass is 9.70. The van der Waals surface area contributed by atoms with E-state index in [0.29, 0.717) is 5.39 Å². The molecule has 3 aromatic carbocycles. The fraction of sp³-hybridized carbons (Fsp3) is 0.185. The molecule has 0 spiro atoms. The molecule has 1 aliphatic carbocycles. The molecule has 0 fully saturated rings. The van der Waals surface area contributed by atoms with Crippen LogP contribution in [0.5, 0.6) is 5.75 Å². The molecule has 0 radical (unpaired) electrons. The smallest absolute Gasteiger partial charge is 0.403 e. The molecule has 0 aromatic heterocycles. The number of allylic oxidation sites excluding steroid dienone is 5. The van der Waals surface area contributed by atoms with Crippen LogP contribution in [0.4, 0.5) is 17.6 Å². The Balaban J connectivity index is 1.71. The van der Waals surface area contributed by atoms with Gasteiger partial charge in [0.05, 0.1) is 0 Å². The van der Waals surface area contributed by atoms with Gasteiger partial charge in [0.2, 0.25) is 0 Å². The van der Waals surface area contributed by atoms with Gasteiger partial charge in [-0.25, -0.2) is 4.39 Å². The number of halogens is 4. The lowest BCUT2D eigenvalue weighted by Crippen LogP contribution is -2.24. The number of rotatable bonds is 6. The Morgan fingerprint density at radius 2 is 1.81 bits per heavy atom. The van der Waals surface area contributed by atoms with Gasteiger partial charge in [-0.15, -0.1) is 19.8 Å². The second-order valence-corrected chi connectivity index (χ2v) is 7.91. The van der Waals surface area contributed by atoms with Crippen molar-refractivity contribution in [3.63, 3.8) is 0 Å². The largest absolute Gasteiger partial charge is 0.573 e. The molecule has 4 rings (SSSR count). The zero-order valence-corrected chi connectivity index (χ0v) is 17.3. The molecule has 32 heavy (non-hydrogen) atoms. The van der Waals surface area contributed by atoms with E-state index in [2.05, 4.69) is 41.7 Å². The molecule has 0 saturated carbocycles. The highest BCUT2D eigenvalue weighted by molar-refractivity contribution is 5.86. The van der Waals surface area contributed by atoms with Gasteiger partial charge in [0.25, 0.3) is 0 Å². The third-order valence-electron chi connectivity index (χ3n) is 5.89. The van der Waals surface area contributed by atoms with E-state index in [1.807, 2.05) is 30.3 Å². The van der Waals surface area contributed by atoms with Crippen LogP contribution in [0.25, 0.3) is 16.3 Å². The Bertz CT molecular complexity index is 1190. The molecular weight excluding hydrogens is 416 g/mol. The van der Waals surface area contributed by atoms with Gasteiger partial charge in [-0.1, -0.05) is 78.9 Å². The van der Waals surface area contributed by atoms with Crippen molar-refractivity contribution >= 4 is 16.3 Å². The first-order valence-corrected chi connectivity index (χ1v) is 10.4. The van der Waals surface area contributed by atoms with Gasteiger partial charge in [0.1, 0.15) is 0 Å². The molecule has 0 heterocycles. The van der Waals surface area contributed by atoms with E-state index < -0.39 is 17.9 Å². The molecule has 0 bridgehead atoms. The van der Waals surface area contributed by atoms with Gasteiger partial charge in [-0.2, -0.15) is 0 Å². The maximum atomic E-state index is 14.6. The van der Waals surface area contributed by atoms with Crippen molar-refractivity contribution in [1.82, 2.24) is 0 Å². The molecule has 0 N–H and O–H groups in total. The van der Waals surface area contributed by atoms with Crippen LogP contribution >= 0.6 is 0 Å². The molecule has 164 valence electrons. The van der Waals surface area contributed by atoms with Gasteiger partial charge in [-0.05, 0) is 47.4 Å². The van der Waals surface area contributed by atoms with Crippen LogP contribution in [0.15, 0.2) is 91.5 Å². The van der Waals surface area contributed by atoms with Gasteiger partial charge in [0, 0.05) is 10.8 Å². The summed E-state index contributed by atoms with van der Waals surface area (Å²) in [6, 6.07) is 17.8. The number of alkyl halides is 3. The molecule has 1 aliphatic rings. The summed E-state index contributed by atoms with van der Waals surface area (Å²) >= 11 is 0. The highest BCUT2D eigenvalue weighted by Crippen LogP contribution is 2.42. The minimum Gasteiger partial charge on any atom is -0.403 e. The maximum Gasteiger partial charge on any atom is 0.573 e. The Kier molecular flexibility index (Phi) is 5.92. The minimum absolute atomic E-state index is 0.0923. The fourth-order valence-corrected chi connectivity index (χ4v) is 4.21. The van der Waals surface area contributed by atoms with Crippen LogP contribution in [-0.2, 0) is 5.41 Å². The van der Waals surface area contributed by atoms with Crippen molar-refractivity contribution in [1.29, 1.82) is 0 Å². The Hall–Kier alpha value is -3.34. The van der Waals surface area contributed by atoms with E-state index in [-0.39, 0.29) is 10.8 Å². The van der Waals surface area contributed by atoms with Crippen molar-refractivity contribution in [2.45, 2.75) is 31.0 Å². The second kappa shape index (κ2) is 8.65. The Labute approximate surface area is 184 Å². The first-order valence-electron chi connectivity index (χ1n) is 10.4. The molecule has 1 unspecified atom stereocenters. The normalized spacial score (nSPS) is 18.4.